The number of rotatable bonds is 15. The molecule has 576 valence electrons. The average molecular weight is 1590 g/mol. The van der Waals surface area contributed by atoms with Crippen LogP contribution >= 0.6 is 89.5 Å². The Kier molecular flexibility index (Phi) is 25.9. The number of likely N-dealkylation sites (tertiary alicyclic amines) is 3. The van der Waals surface area contributed by atoms with E-state index in [1.54, 1.807) is 39.0 Å². The Bertz CT molecular complexity index is 3910. The Morgan fingerprint density at radius 1 is 0.519 bits per heavy atom. The summed E-state index contributed by atoms with van der Waals surface area (Å²) in [6.07, 6.45) is 2.94. The summed E-state index contributed by atoms with van der Waals surface area (Å²) in [7, 11) is 6.00. The predicted octanol–water partition coefficient (Wildman–Crippen LogP) is 5.80. The number of hydrogen-bond acceptors (Lipinski definition) is 22. The van der Waals surface area contributed by atoms with Crippen LogP contribution in [0.15, 0.2) is 36.4 Å². The van der Waals surface area contributed by atoms with Gasteiger partial charge in [-0.2, -0.15) is 52.2 Å². The topological polar surface area (TPSA) is 376 Å². The summed E-state index contributed by atoms with van der Waals surface area (Å²) >= 11 is 1.49. The van der Waals surface area contributed by atoms with Crippen molar-refractivity contribution in [2.24, 2.45) is 11.8 Å². The van der Waals surface area contributed by atoms with Crippen LogP contribution in [0, 0.1) is 11.8 Å². The first-order chi connectivity index (χ1) is 46.5. The Balaban J connectivity index is 0.000000212. The van der Waals surface area contributed by atoms with Gasteiger partial charge in [-0.3, -0.25) is 14.4 Å². The molecule has 12 aliphatic rings. The van der Waals surface area contributed by atoms with Gasteiger partial charge in [0.1, 0.15) is 18.1 Å². The van der Waals surface area contributed by atoms with Gasteiger partial charge in [-0.05, 0) is 164 Å². The first-order valence-electron chi connectivity index (χ1n) is 33.9. The maximum Gasteiger partial charge on any atom is 0.413 e. The molecule has 6 aliphatic heterocycles. The molecular weight excluding hydrogens is 1500 g/mol. The molecule has 0 radical (unpaired) electrons. The number of thioether (sulfide) groups is 1. The lowest BCUT2D eigenvalue weighted by Crippen LogP contribution is -2.76. The molecule has 34 heteroatoms. The molecule has 4 unspecified atom stereocenters. The largest absolute Gasteiger partial charge is 0.480 e. The molecule has 15 rings (SSSR count). The second-order valence-corrected chi connectivity index (χ2v) is 30.2. The molecule has 104 heavy (non-hydrogen) atoms. The van der Waals surface area contributed by atoms with Crippen molar-refractivity contribution in [3.05, 3.63) is 69.8 Å². The summed E-state index contributed by atoms with van der Waals surface area (Å²) in [4.78, 5) is 118. The Morgan fingerprint density at radius 3 is 1.12 bits per heavy atom. The Labute approximate surface area is 645 Å². The minimum atomic E-state index is -1.15. The van der Waals surface area contributed by atoms with Gasteiger partial charge in [0.05, 0.1) is 33.0 Å². The van der Waals surface area contributed by atoms with Crippen LogP contribution in [0.1, 0.15) is 132 Å². The number of Topliss-reactive ketones (excluding diaryl/α,β-unsaturated/α-hetero) is 3. The van der Waals surface area contributed by atoms with Crippen LogP contribution in [-0.2, 0) is 64.3 Å². The number of amides is 3. The number of aliphatic carboxylic acids is 3. The van der Waals surface area contributed by atoms with E-state index in [1.165, 1.54) is 11.8 Å². The lowest BCUT2D eigenvalue weighted by Gasteiger charge is -2.62. The van der Waals surface area contributed by atoms with Crippen molar-refractivity contribution in [3.63, 3.8) is 0 Å². The average Bonchev–Trinajstić information content (AvgIpc) is 1.46. The van der Waals surface area contributed by atoms with Crippen LogP contribution in [0.5, 0.6) is 34.5 Å². The maximum atomic E-state index is 13.0. The number of carboxylic acids is 3. The first kappa shape index (κ1) is 85.6. The SMILES string of the molecule is CC(C)[C@@H](NC(=O)Oc1ccc2c3c1OC1C(=O)CC[C@@]4(O)[C@@H](C2)N(C)CC[C@]314)C(=O)O.CCC(C)[C@@H](NC(=O)Oc1ccc2c3c1OC1C(=O)CC[C@@]4(O)[C@@H](C2)N(C)CC[C@]314)C(=O)O.CSCC[C@@H](NC(=O)Oc1ccc2c3c1OC1C(=O)CC[C@@]4(O)[C@@H](C2)N(C)CC[C@]314)C(=O)O.Cl.Cl.Cl.S.S.S. The molecule has 3 spiro atoms. The van der Waals surface area contributed by atoms with E-state index in [0.29, 0.717) is 87.2 Å². The van der Waals surface area contributed by atoms with Gasteiger partial charge in [-0.1, -0.05) is 52.3 Å². The van der Waals surface area contributed by atoms with Gasteiger partial charge in [0.2, 0.25) is 0 Å². The summed E-state index contributed by atoms with van der Waals surface area (Å²) in [5, 5.41) is 71.3. The third-order valence-corrected chi connectivity index (χ3v) is 24.9. The van der Waals surface area contributed by atoms with E-state index in [9.17, 15) is 73.8 Å². The van der Waals surface area contributed by atoms with Gasteiger partial charge in [-0.15, -0.1) is 37.2 Å². The van der Waals surface area contributed by atoms with Crippen molar-refractivity contribution < 1.29 is 102 Å². The summed E-state index contributed by atoms with van der Waals surface area (Å²) in [5.74, 6) is -2.26. The van der Waals surface area contributed by atoms with E-state index < -0.39 is 106 Å². The zero-order valence-electron chi connectivity index (χ0n) is 58.8. The number of nitrogens with one attached hydrogen (secondary N) is 3. The van der Waals surface area contributed by atoms with Crippen LogP contribution < -0.4 is 44.4 Å². The molecule has 6 aliphatic carbocycles. The summed E-state index contributed by atoms with van der Waals surface area (Å²) in [6.45, 7) is 9.13. The second kappa shape index (κ2) is 31.5. The molecule has 27 nitrogen and oxygen atoms in total. The number of carbonyl (C=O) groups excluding carboxylic acids is 6. The predicted molar refractivity (Wildman–Crippen MR) is 401 cm³/mol. The van der Waals surface area contributed by atoms with Gasteiger partial charge >= 0.3 is 36.2 Å². The Hall–Kier alpha value is -5.68. The smallest absolute Gasteiger partial charge is 0.413 e. The summed E-state index contributed by atoms with van der Waals surface area (Å²) in [5.41, 5.74) is -0.638. The van der Waals surface area contributed by atoms with Crippen molar-refractivity contribution >= 4 is 143 Å². The second-order valence-electron chi connectivity index (χ2n) is 29.2. The monoisotopic (exact) mass is 1590 g/mol. The summed E-state index contributed by atoms with van der Waals surface area (Å²) in [6, 6.07) is 6.85. The maximum absolute atomic E-state index is 13.0. The third kappa shape index (κ3) is 12.9. The quantitative estimate of drug-likeness (QED) is 0.0867. The van der Waals surface area contributed by atoms with E-state index in [0.717, 1.165) is 53.0 Å². The van der Waals surface area contributed by atoms with Gasteiger partial charge in [0, 0.05) is 54.1 Å². The molecule has 16 atom stereocenters. The number of carboxylic acid groups (broad SMARTS) is 3. The van der Waals surface area contributed by atoms with E-state index in [-0.39, 0.29) is 168 Å². The van der Waals surface area contributed by atoms with Gasteiger partial charge in [0.25, 0.3) is 0 Å². The third-order valence-electron chi connectivity index (χ3n) is 24.3. The van der Waals surface area contributed by atoms with Crippen LogP contribution in [0.4, 0.5) is 14.4 Å². The number of benzene rings is 3. The highest BCUT2D eigenvalue weighted by atomic mass is 35.5. The number of likely N-dealkylation sites (N-methyl/N-ethyl adjacent to an activating group) is 3. The number of nitrogens with zero attached hydrogens (tertiary/aromatic N) is 3. The van der Waals surface area contributed by atoms with E-state index in [4.69, 9.17) is 28.4 Å². The fraction of sp³-hybridized carbons (Fsp3) is 0.614. The van der Waals surface area contributed by atoms with Gasteiger partial charge in [-0.25, -0.2) is 28.8 Å². The van der Waals surface area contributed by atoms with Gasteiger partial charge in [0.15, 0.2) is 70.2 Å². The van der Waals surface area contributed by atoms with Crippen LogP contribution in [0.25, 0.3) is 0 Å². The fourth-order valence-corrected chi connectivity index (χ4v) is 19.8. The Morgan fingerprint density at radius 2 is 0.837 bits per heavy atom. The minimum Gasteiger partial charge on any atom is -0.480 e. The van der Waals surface area contributed by atoms with E-state index in [1.807, 2.05) is 52.5 Å². The van der Waals surface area contributed by atoms with Gasteiger partial charge < -0.3 is 89.7 Å². The van der Waals surface area contributed by atoms with Crippen molar-refractivity contribution in [2.75, 3.05) is 52.8 Å². The highest BCUT2D eigenvalue weighted by molar-refractivity contribution is 7.98. The standard InChI is InChI=1S/C24H30N2O7.C23H28N2O7S.C23H28N2O7.3ClH.3H2S/c1-4-12(2)18(21(28)29)25-22(30)32-15-6-5-13-11-16-24(31)8-7-14(27)20-23(24,9-10-26(16)3)17(13)19(15)33-20;1-25-9-8-22-17-12-3-4-15(31-21(29)24-13(20(27)28)6-10-33-2)18(17)32-19(22)14(26)5-7-23(22,30)16(25)11-12;1-11(2)17(20(27)28)24-21(29)31-14-5-4-12-10-15-23(30)7-6-13(26)19-22(23,8-9-25(15)3)16(12)18(14)32-19;;;;;;/h5-6,12,16,18,20,31H,4,7-11H2,1-3H3,(H,25,30)(H,28,29);3-4,13,16,19,30H,5-11H2,1-2H3,(H,24,29)(H,27,28);4-5,11,15,17,19,30H,6-10H2,1-3H3,(H,24,29)(H,27,28);3*1H;3*1H2/t12?,16-,18-,20?,23+,24-;13-,16-,19?,22+,23-;15-,17-,19?,22+,23-;;;;;;/m111....../s1. The van der Waals surface area contributed by atoms with Crippen LogP contribution in [0.3, 0.4) is 0 Å². The molecular formula is C70H95Cl3N6O21S4. The lowest BCUT2D eigenvalue weighted by atomic mass is 9.49. The highest BCUT2D eigenvalue weighted by Gasteiger charge is 2.76. The summed E-state index contributed by atoms with van der Waals surface area (Å²) < 4.78 is 35.1. The van der Waals surface area contributed by atoms with Crippen molar-refractivity contribution in [1.82, 2.24) is 30.7 Å². The zero-order valence-corrected chi connectivity index (χ0v) is 65.1. The van der Waals surface area contributed by atoms with Crippen LogP contribution in [0.2, 0.25) is 0 Å². The molecule has 3 aromatic rings. The molecule has 3 aromatic carbocycles. The number of ether oxygens (including phenoxy) is 6. The normalized spacial score (nSPS) is 31.2. The molecule has 6 bridgehead atoms. The molecule has 3 saturated carbocycles. The minimum absolute atomic E-state index is 0. The number of carbonyl (C=O) groups is 9. The first-order valence-corrected chi connectivity index (χ1v) is 35.3. The number of piperidine rings is 3. The van der Waals surface area contributed by atoms with Crippen molar-refractivity contribution in [3.8, 4) is 34.5 Å². The number of hydrogen-bond donors (Lipinski definition) is 9. The molecule has 6 heterocycles. The van der Waals surface area contributed by atoms with Crippen molar-refractivity contribution in [1.29, 1.82) is 0 Å². The molecule has 0 aromatic heterocycles. The van der Waals surface area contributed by atoms with Crippen LogP contribution in [-0.4, -0.2) is 223 Å². The zero-order chi connectivity index (χ0) is 70.2. The number of ketones is 3. The fourth-order valence-electron chi connectivity index (χ4n) is 19.3. The number of halogens is 3. The molecule has 3 saturated heterocycles. The number of aliphatic hydroxyl groups is 3. The highest BCUT2D eigenvalue weighted by Crippen LogP contribution is 2.68. The van der Waals surface area contributed by atoms with Crippen molar-refractivity contribution in [2.45, 2.75) is 205 Å². The molecule has 3 amide bonds. The molecule has 6 fully saturated rings. The van der Waals surface area contributed by atoms with E-state index in [2.05, 4.69) is 30.7 Å². The lowest BCUT2D eigenvalue weighted by molar-refractivity contribution is -0.185. The van der Waals surface area contributed by atoms with E-state index >= 15 is 0 Å². The molecule has 9 N–H and O–H groups in total.